The molecule has 0 aliphatic rings. The lowest BCUT2D eigenvalue weighted by atomic mass is 9.60. The van der Waals surface area contributed by atoms with Crippen molar-refractivity contribution in [2.45, 2.75) is 60.1 Å². The molecule has 0 amide bonds. The predicted molar refractivity (Wildman–Crippen MR) is 53.1 cm³/mol. The number of hydrogen-bond donors (Lipinski definition) is 0. The molecule has 0 aromatic rings. The third-order valence-electron chi connectivity index (χ3n) is 4.23. The molecular weight excluding hydrogens is 189 g/mol. The monoisotopic (exact) mass is 210 g/mol. The van der Waals surface area contributed by atoms with Gasteiger partial charge in [0, 0.05) is 0 Å². The number of hydrogen-bond acceptors (Lipinski definition) is 0. The van der Waals surface area contributed by atoms with Gasteiger partial charge in [0.1, 0.15) is 0 Å². The van der Waals surface area contributed by atoms with Crippen molar-refractivity contribution in [1.82, 2.24) is 0 Å². The van der Waals surface area contributed by atoms with Crippen LogP contribution in [0.15, 0.2) is 0 Å². The minimum absolute atomic E-state index is 0.147. The number of halogens is 3. The Hall–Kier alpha value is -0.210. The van der Waals surface area contributed by atoms with E-state index >= 15 is 0 Å². The van der Waals surface area contributed by atoms with Gasteiger partial charge in [0.2, 0.25) is 0 Å². The van der Waals surface area contributed by atoms with Crippen LogP contribution in [0.3, 0.4) is 0 Å². The van der Waals surface area contributed by atoms with Gasteiger partial charge in [0.05, 0.1) is 5.41 Å². The largest absolute Gasteiger partial charge is 0.394 e. The topological polar surface area (TPSA) is 0 Å². The highest BCUT2D eigenvalue weighted by molar-refractivity contribution is 4.95. The van der Waals surface area contributed by atoms with Gasteiger partial charge >= 0.3 is 6.18 Å². The SMILES string of the molecule is CCC(C)(CC)C(C)(CC)C(F)(F)F. The molecule has 0 aromatic heterocycles. The van der Waals surface area contributed by atoms with E-state index in [0.717, 1.165) is 0 Å². The predicted octanol–water partition coefficient (Wildman–Crippen LogP) is 4.79. The zero-order valence-corrected chi connectivity index (χ0v) is 9.76. The lowest BCUT2D eigenvalue weighted by Gasteiger charge is -2.46. The lowest BCUT2D eigenvalue weighted by Crippen LogP contribution is -2.47. The quantitative estimate of drug-likeness (QED) is 0.625. The molecule has 1 atom stereocenters. The fraction of sp³-hybridized carbons (Fsp3) is 1.00. The van der Waals surface area contributed by atoms with Crippen molar-refractivity contribution in [3.63, 3.8) is 0 Å². The van der Waals surface area contributed by atoms with E-state index in [1.165, 1.54) is 6.92 Å². The van der Waals surface area contributed by atoms with Crippen LogP contribution in [0, 0.1) is 10.8 Å². The van der Waals surface area contributed by atoms with Crippen LogP contribution in [-0.2, 0) is 0 Å². The summed E-state index contributed by atoms with van der Waals surface area (Å²) < 4.78 is 38.9. The molecule has 0 radical (unpaired) electrons. The summed E-state index contributed by atoms with van der Waals surface area (Å²) >= 11 is 0. The molecule has 14 heavy (non-hydrogen) atoms. The molecule has 0 N–H and O–H groups in total. The molecule has 3 heteroatoms. The van der Waals surface area contributed by atoms with E-state index in [4.69, 9.17) is 0 Å². The maximum absolute atomic E-state index is 13.0. The van der Waals surface area contributed by atoms with Gasteiger partial charge in [0.15, 0.2) is 0 Å². The highest BCUT2D eigenvalue weighted by atomic mass is 19.4. The molecule has 1 unspecified atom stereocenters. The molecule has 0 nitrogen and oxygen atoms in total. The Morgan fingerprint density at radius 3 is 1.21 bits per heavy atom. The maximum Gasteiger partial charge on any atom is 0.394 e. The zero-order chi connectivity index (χ0) is 11.6. The molecule has 0 fully saturated rings. The van der Waals surface area contributed by atoms with Crippen LogP contribution in [0.5, 0.6) is 0 Å². The van der Waals surface area contributed by atoms with E-state index < -0.39 is 17.0 Å². The van der Waals surface area contributed by atoms with Crippen molar-refractivity contribution in [2.75, 3.05) is 0 Å². The van der Waals surface area contributed by atoms with E-state index in [1.807, 2.05) is 13.8 Å². The maximum atomic E-state index is 13.0. The number of alkyl halides is 3. The molecule has 0 aliphatic carbocycles. The summed E-state index contributed by atoms with van der Waals surface area (Å²) in [6.45, 7) is 8.38. The van der Waals surface area contributed by atoms with Gasteiger partial charge in [-0.3, -0.25) is 0 Å². The van der Waals surface area contributed by atoms with Crippen molar-refractivity contribution < 1.29 is 13.2 Å². The second kappa shape index (κ2) is 4.11. The first-order chi connectivity index (χ1) is 6.18. The molecule has 86 valence electrons. The minimum Gasteiger partial charge on any atom is -0.170 e. The Kier molecular flexibility index (Phi) is 4.05. The van der Waals surface area contributed by atoms with Crippen molar-refractivity contribution in [3.05, 3.63) is 0 Å². The first kappa shape index (κ1) is 13.8. The van der Waals surface area contributed by atoms with Crippen LogP contribution in [0.25, 0.3) is 0 Å². The van der Waals surface area contributed by atoms with Crippen molar-refractivity contribution in [1.29, 1.82) is 0 Å². The van der Waals surface area contributed by atoms with Gasteiger partial charge in [-0.15, -0.1) is 0 Å². The summed E-state index contributed by atoms with van der Waals surface area (Å²) in [5, 5.41) is 0. The van der Waals surface area contributed by atoms with E-state index in [9.17, 15) is 13.2 Å². The summed E-state index contributed by atoms with van der Waals surface area (Å²) in [6.07, 6.45) is -2.84. The van der Waals surface area contributed by atoms with Crippen LogP contribution < -0.4 is 0 Å². The second-order valence-corrected chi connectivity index (χ2v) is 4.45. The van der Waals surface area contributed by atoms with Gasteiger partial charge in [-0.25, -0.2) is 0 Å². The smallest absolute Gasteiger partial charge is 0.170 e. The summed E-state index contributed by atoms with van der Waals surface area (Å²) in [4.78, 5) is 0. The second-order valence-electron chi connectivity index (χ2n) is 4.45. The van der Waals surface area contributed by atoms with Gasteiger partial charge in [-0.05, 0) is 24.7 Å². The van der Waals surface area contributed by atoms with Gasteiger partial charge in [-0.1, -0.05) is 34.6 Å². The average Bonchev–Trinajstić information content (AvgIpc) is 2.13. The highest BCUT2D eigenvalue weighted by Crippen LogP contribution is 2.56. The van der Waals surface area contributed by atoms with Gasteiger partial charge in [-0.2, -0.15) is 13.2 Å². The molecule has 0 heterocycles. The fourth-order valence-electron chi connectivity index (χ4n) is 2.00. The van der Waals surface area contributed by atoms with Crippen LogP contribution >= 0.6 is 0 Å². The zero-order valence-electron chi connectivity index (χ0n) is 9.76. The molecular formula is C11H21F3. The molecule has 0 spiro atoms. The van der Waals surface area contributed by atoms with Crippen LogP contribution in [0.4, 0.5) is 13.2 Å². The Balaban J connectivity index is 5.22. The summed E-state index contributed by atoms with van der Waals surface area (Å²) in [5.41, 5.74) is -2.22. The molecule has 0 bridgehead atoms. The Morgan fingerprint density at radius 1 is 0.786 bits per heavy atom. The molecule has 0 rings (SSSR count). The van der Waals surface area contributed by atoms with Crippen molar-refractivity contribution >= 4 is 0 Å². The van der Waals surface area contributed by atoms with Gasteiger partial charge in [0.25, 0.3) is 0 Å². The number of rotatable bonds is 4. The van der Waals surface area contributed by atoms with E-state index in [0.29, 0.717) is 12.8 Å². The van der Waals surface area contributed by atoms with Crippen LogP contribution in [-0.4, -0.2) is 6.18 Å². The third kappa shape index (κ3) is 1.91. The first-order valence-corrected chi connectivity index (χ1v) is 5.25. The summed E-state index contributed by atoms with van der Waals surface area (Å²) in [7, 11) is 0. The molecule has 0 saturated carbocycles. The molecule has 0 saturated heterocycles. The highest BCUT2D eigenvalue weighted by Gasteiger charge is 2.58. The minimum atomic E-state index is -4.11. The molecule has 0 aliphatic heterocycles. The average molecular weight is 210 g/mol. The van der Waals surface area contributed by atoms with Gasteiger partial charge < -0.3 is 0 Å². The van der Waals surface area contributed by atoms with Crippen molar-refractivity contribution in [3.8, 4) is 0 Å². The Morgan fingerprint density at radius 2 is 1.14 bits per heavy atom. The first-order valence-electron chi connectivity index (χ1n) is 5.25. The third-order valence-corrected chi connectivity index (χ3v) is 4.23. The van der Waals surface area contributed by atoms with Crippen molar-refractivity contribution in [2.24, 2.45) is 10.8 Å². The normalized spacial score (nSPS) is 18.0. The fourth-order valence-corrected chi connectivity index (χ4v) is 2.00. The summed E-state index contributed by atoms with van der Waals surface area (Å²) in [6, 6.07) is 0. The standard InChI is InChI=1S/C11H21F3/c1-6-9(4,7-2)10(5,8-3)11(12,13)14/h6-8H2,1-5H3. The van der Waals surface area contributed by atoms with Crippen LogP contribution in [0.1, 0.15) is 53.9 Å². The lowest BCUT2D eigenvalue weighted by molar-refractivity contribution is -0.259. The van der Waals surface area contributed by atoms with E-state index in [-0.39, 0.29) is 6.42 Å². The van der Waals surface area contributed by atoms with E-state index in [2.05, 4.69) is 0 Å². The van der Waals surface area contributed by atoms with E-state index in [1.54, 1.807) is 13.8 Å². The molecule has 0 aromatic carbocycles. The Bertz CT molecular complexity index is 179. The Labute approximate surface area is 84.9 Å². The van der Waals surface area contributed by atoms with Crippen LogP contribution in [0.2, 0.25) is 0 Å². The summed E-state index contributed by atoms with van der Waals surface area (Å²) in [5.74, 6) is 0.